The molecule has 2 saturated heterocycles. The van der Waals surface area contributed by atoms with Gasteiger partial charge in [0.05, 0.1) is 32.2 Å². The zero-order chi connectivity index (χ0) is 21.8. The third-order valence-corrected chi connectivity index (χ3v) is 7.12. The van der Waals surface area contributed by atoms with Gasteiger partial charge in [-0.15, -0.1) is 0 Å². The second-order valence-electron chi connectivity index (χ2n) is 8.61. The number of carbonyl (C=O) groups is 1. The summed E-state index contributed by atoms with van der Waals surface area (Å²) in [4.78, 5) is 16.4. The molecule has 0 bridgehead atoms. The fraction of sp³-hybridized carbons (Fsp3) is 0.524. The molecule has 2 aromatic rings. The molecule has 2 N–H and O–H groups in total. The summed E-state index contributed by atoms with van der Waals surface area (Å²) < 4.78 is 42.6. The number of alkyl halides is 3. The summed E-state index contributed by atoms with van der Waals surface area (Å²) in [6.45, 7) is 3.12. The van der Waals surface area contributed by atoms with Crippen LogP contribution in [0.1, 0.15) is 47.4 Å². The summed E-state index contributed by atoms with van der Waals surface area (Å²) in [5, 5.41) is 7.14. The number of fused-ring (bicyclic) bond motifs is 2. The maximum atomic E-state index is 13.9. The highest BCUT2D eigenvalue weighted by Crippen LogP contribution is 2.46. The van der Waals surface area contributed by atoms with Crippen LogP contribution < -0.4 is 10.2 Å². The van der Waals surface area contributed by atoms with Crippen LogP contribution in [-0.4, -0.2) is 59.0 Å². The molecule has 5 rings (SSSR count). The number of piperazine rings is 1. The summed E-state index contributed by atoms with van der Waals surface area (Å²) >= 11 is 6.47. The van der Waals surface area contributed by atoms with Gasteiger partial charge in [0.1, 0.15) is 16.9 Å². The second-order valence-corrected chi connectivity index (χ2v) is 8.98. The van der Waals surface area contributed by atoms with E-state index in [1.54, 1.807) is 29.2 Å². The number of anilines is 1. The van der Waals surface area contributed by atoms with Crippen LogP contribution in [0, 0.1) is 0 Å². The van der Waals surface area contributed by atoms with Crippen molar-refractivity contribution in [1.82, 2.24) is 14.7 Å². The first-order valence-corrected chi connectivity index (χ1v) is 11.0. The molecule has 3 aliphatic rings. The van der Waals surface area contributed by atoms with Gasteiger partial charge in [-0.3, -0.25) is 4.79 Å². The van der Waals surface area contributed by atoms with Gasteiger partial charge in [0.25, 0.3) is 5.91 Å². The molecule has 0 radical (unpaired) electrons. The number of rotatable bonds is 2. The quantitative estimate of drug-likeness (QED) is 0.733. The Morgan fingerprint density at radius 3 is 2.74 bits per heavy atom. The maximum Gasteiger partial charge on any atom is 0.410 e. The first kappa shape index (κ1) is 20.6. The Morgan fingerprint density at radius 1 is 1.23 bits per heavy atom. The van der Waals surface area contributed by atoms with Gasteiger partial charge in [0.15, 0.2) is 11.7 Å². The molecule has 6 nitrogen and oxygen atoms in total. The van der Waals surface area contributed by atoms with Crippen LogP contribution >= 0.6 is 11.6 Å². The number of hydrogen-bond donors (Lipinski definition) is 2. The van der Waals surface area contributed by atoms with Crippen molar-refractivity contribution < 1.29 is 22.9 Å². The minimum atomic E-state index is -4.52. The van der Waals surface area contributed by atoms with Gasteiger partial charge in [0.2, 0.25) is 0 Å². The first-order chi connectivity index (χ1) is 14.8. The number of nitrogens with zero attached hydrogens (tertiary/aromatic N) is 3. The molecule has 10 heteroatoms. The molecule has 166 valence electrons. The average Bonchev–Trinajstić information content (AvgIpc) is 3.36. The summed E-state index contributed by atoms with van der Waals surface area (Å²) in [7, 11) is 0. The monoisotopic (exact) mass is 454 g/mol. The Kier molecular flexibility index (Phi) is 5.13. The van der Waals surface area contributed by atoms with Gasteiger partial charge in [-0.1, -0.05) is 41.9 Å². The van der Waals surface area contributed by atoms with Gasteiger partial charge in [-0.2, -0.15) is 18.3 Å². The van der Waals surface area contributed by atoms with E-state index in [9.17, 15) is 18.0 Å². The van der Waals surface area contributed by atoms with E-state index in [0.29, 0.717) is 19.1 Å². The van der Waals surface area contributed by atoms with Crippen LogP contribution in [0.3, 0.4) is 0 Å². The third kappa shape index (κ3) is 3.67. The summed E-state index contributed by atoms with van der Waals surface area (Å²) in [5.74, 6) is -0.339. The van der Waals surface area contributed by atoms with E-state index < -0.39 is 24.2 Å². The Morgan fingerprint density at radius 2 is 2.00 bits per heavy atom. The van der Waals surface area contributed by atoms with E-state index in [1.807, 2.05) is 6.07 Å². The highest BCUT2D eigenvalue weighted by molar-refractivity contribution is 6.36. The molecule has 4 heterocycles. The largest absolute Gasteiger partial charge is 0.410 e. The third-order valence-electron chi connectivity index (χ3n) is 6.76. The SMILES string of the molecule is O=C(c1nn2c(c1Cl)N[C@H](c1ccccc1)C[C@H]2C(F)(F)F)N1CC[NH+]2CCC[C@@H]2C1. The van der Waals surface area contributed by atoms with Crippen molar-refractivity contribution in [3.8, 4) is 0 Å². The molecular weight excluding hydrogens is 431 g/mol. The molecule has 1 unspecified atom stereocenters. The number of quaternary nitrogens is 1. The Hall–Kier alpha value is -2.26. The van der Waals surface area contributed by atoms with Crippen molar-refractivity contribution >= 4 is 23.3 Å². The summed E-state index contributed by atoms with van der Waals surface area (Å²) in [6.07, 6.45) is -2.54. The number of nitrogens with one attached hydrogen (secondary N) is 2. The number of benzene rings is 1. The Labute approximate surface area is 182 Å². The highest BCUT2D eigenvalue weighted by atomic mass is 35.5. The van der Waals surface area contributed by atoms with Crippen molar-refractivity contribution in [2.24, 2.45) is 0 Å². The van der Waals surface area contributed by atoms with E-state index in [4.69, 9.17) is 11.6 Å². The molecule has 4 atom stereocenters. The molecule has 2 fully saturated rings. The van der Waals surface area contributed by atoms with Crippen LogP contribution in [0.5, 0.6) is 0 Å². The maximum absolute atomic E-state index is 13.9. The lowest BCUT2D eigenvalue weighted by Crippen LogP contribution is -3.16. The smallest absolute Gasteiger partial charge is 0.362 e. The standard InChI is InChI=1S/C21H23ClF3N5O/c22-17-18(20(31)29-10-9-28-8-4-7-14(28)12-29)27-30-16(21(23,24)25)11-15(26-19(17)30)13-5-2-1-3-6-13/h1-3,5-6,14-16,26H,4,7-12H2/p+1/t14-,15+,16+/m1/s1. The molecule has 31 heavy (non-hydrogen) atoms. The van der Waals surface area contributed by atoms with Gasteiger partial charge in [0, 0.05) is 19.3 Å². The number of carbonyl (C=O) groups excluding carboxylic acids is 1. The van der Waals surface area contributed by atoms with Crippen molar-refractivity contribution in [3.05, 3.63) is 46.6 Å². The zero-order valence-electron chi connectivity index (χ0n) is 16.8. The van der Waals surface area contributed by atoms with Crippen molar-refractivity contribution in [2.75, 3.05) is 31.5 Å². The van der Waals surface area contributed by atoms with Crippen molar-refractivity contribution in [2.45, 2.75) is 43.6 Å². The van der Waals surface area contributed by atoms with Crippen LogP contribution in [0.25, 0.3) is 0 Å². The van der Waals surface area contributed by atoms with Crippen LogP contribution in [-0.2, 0) is 0 Å². The van der Waals surface area contributed by atoms with E-state index in [0.717, 1.165) is 36.2 Å². The number of hydrogen-bond acceptors (Lipinski definition) is 3. The van der Waals surface area contributed by atoms with E-state index in [1.165, 1.54) is 4.90 Å². The minimum absolute atomic E-state index is 0.0407. The summed E-state index contributed by atoms with van der Waals surface area (Å²) in [6, 6.07) is 6.89. The average molecular weight is 455 g/mol. The molecule has 1 amide bonds. The van der Waals surface area contributed by atoms with Crippen molar-refractivity contribution in [1.29, 1.82) is 0 Å². The van der Waals surface area contributed by atoms with Crippen molar-refractivity contribution in [3.63, 3.8) is 0 Å². The number of amides is 1. The highest BCUT2D eigenvalue weighted by Gasteiger charge is 2.48. The normalized spacial score (nSPS) is 28.1. The topological polar surface area (TPSA) is 54.6 Å². The first-order valence-electron chi connectivity index (χ1n) is 10.6. The van der Waals surface area contributed by atoms with Gasteiger partial charge in [-0.05, 0) is 5.56 Å². The predicted octanol–water partition coefficient (Wildman–Crippen LogP) is 2.70. The molecule has 0 aliphatic carbocycles. The van der Waals surface area contributed by atoms with Crippen LogP contribution in [0.4, 0.5) is 19.0 Å². The lowest BCUT2D eigenvalue weighted by atomic mass is 9.97. The lowest BCUT2D eigenvalue weighted by molar-refractivity contribution is -0.916. The fourth-order valence-electron chi connectivity index (χ4n) is 5.13. The minimum Gasteiger partial charge on any atom is -0.362 e. The van der Waals surface area contributed by atoms with E-state index in [2.05, 4.69) is 10.4 Å². The van der Waals surface area contributed by atoms with E-state index in [-0.39, 0.29) is 23.0 Å². The van der Waals surface area contributed by atoms with Gasteiger partial charge in [-0.25, -0.2) is 4.68 Å². The predicted molar refractivity (Wildman–Crippen MR) is 109 cm³/mol. The molecular formula is C21H24ClF3N5O+. The molecule has 1 aromatic heterocycles. The molecule has 0 spiro atoms. The van der Waals surface area contributed by atoms with Crippen LogP contribution in [0.2, 0.25) is 5.02 Å². The number of halogens is 4. The Balaban J connectivity index is 1.47. The Bertz CT molecular complexity index is 979. The van der Waals surface area contributed by atoms with E-state index >= 15 is 0 Å². The molecule has 3 aliphatic heterocycles. The zero-order valence-corrected chi connectivity index (χ0v) is 17.6. The second kappa shape index (κ2) is 7.70. The molecule has 0 saturated carbocycles. The molecule has 1 aromatic carbocycles. The fourth-order valence-corrected chi connectivity index (χ4v) is 5.39. The summed E-state index contributed by atoms with van der Waals surface area (Å²) in [5.41, 5.74) is 0.627. The van der Waals surface area contributed by atoms with Gasteiger partial charge >= 0.3 is 6.18 Å². The van der Waals surface area contributed by atoms with Crippen LogP contribution in [0.15, 0.2) is 30.3 Å². The number of aromatic nitrogens is 2. The van der Waals surface area contributed by atoms with Gasteiger partial charge < -0.3 is 15.1 Å². The lowest BCUT2D eigenvalue weighted by Gasteiger charge is -2.34.